The zero-order valence-corrected chi connectivity index (χ0v) is 7.33. The fraction of sp³-hybridized carbons (Fsp3) is 0.222. The highest BCUT2D eigenvalue weighted by atomic mass is 19.1. The second kappa shape index (κ2) is 3.63. The molecule has 0 saturated heterocycles. The Labute approximate surface area is 79.3 Å². The molecule has 0 aliphatic heterocycles. The van der Waals surface area contributed by atoms with E-state index < -0.39 is 5.82 Å². The molecule has 0 amide bonds. The van der Waals surface area contributed by atoms with Crippen molar-refractivity contribution in [1.82, 2.24) is 9.97 Å². The van der Waals surface area contributed by atoms with Gasteiger partial charge in [0.2, 0.25) is 0 Å². The van der Waals surface area contributed by atoms with Crippen molar-refractivity contribution in [2.75, 3.05) is 13.2 Å². The fourth-order valence-corrected chi connectivity index (χ4v) is 1.22. The van der Waals surface area contributed by atoms with Gasteiger partial charge in [0.15, 0.2) is 11.6 Å². The summed E-state index contributed by atoms with van der Waals surface area (Å²) in [7, 11) is 0. The van der Waals surface area contributed by atoms with Gasteiger partial charge in [-0.3, -0.25) is 0 Å². The predicted octanol–water partition coefficient (Wildman–Crippen LogP) is 1.07. The Hall–Kier alpha value is -1.62. The van der Waals surface area contributed by atoms with E-state index in [1.807, 2.05) is 0 Å². The van der Waals surface area contributed by atoms with Gasteiger partial charge in [-0.2, -0.15) is 0 Å². The minimum atomic E-state index is -0.503. The first-order valence-electron chi connectivity index (χ1n) is 4.18. The van der Waals surface area contributed by atoms with Crippen LogP contribution in [0.15, 0.2) is 18.5 Å². The van der Waals surface area contributed by atoms with Crippen molar-refractivity contribution in [1.29, 1.82) is 0 Å². The number of hydrogen-bond acceptors (Lipinski definition) is 3. The smallest absolute Gasteiger partial charge is 0.192 e. The van der Waals surface area contributed by atoms with Crippen LogP contribution in [0.2, 0.25) is 0 Å². The van der Waals surface area contributed by atoms with Crippen LogP contribution >= 0.6 is 0 Å². The maximum absolute atomic E-state index is 13.5. The lowest BCUT2D eigenvalue weighted by molar-refractivity contribution is 0.197. The zero-order valence-electron chi connectivity index (χ0n) is 7.33. The van der Waals surface area contributed by atoms with Crippen LogP contribution in [0.3, 0.4) is 0 Å². The van der Waals surface area contributed by atoms with Crippen molar-refractivity contribution < 1.29 is 14.2 Å². The number of aliphatic hydroxyl groups excluding tert-OH is 1. The van der Waals surface area contributed by atoms with E-state index in [2.05, 4.69) is 9.97 Å². The summed E-state index contributed by atoms with van der Waals surface area (Å²) in [5, 5.41) is 8.52. The zero-order chi connectivity index (χ0) is 9.97. The highest BCUT2D eigenvalue weighted by molar-refractivity contribution is 5.76. The average Bonchev–Trinajstić information content (AvgIpc) is 2.66. The minimum absolute atomic E-state index is 0.0762. The van der Waals surface area contributed by atoms with E-state index >= 15 is 0 Å². The number of nitrogens with one attached hydrogen (secondary N) is 1. The van der Waals surface area contributed by atoms with Crippen molar-refractivity contribution in [3.8, 4) is 5.75 Å². The summed E-state index contributed by atoms with van der Waals surface area (Å²) >= 11 is 0. The molecule has 0 spiro atoms. The van der Waals surface area contributed by atoms with Crippen LogP contribution < -0.4 is 4.74 Å². The fourth-order valence-electron chi connectivity index (χ4n) is 1.22. The third-order valence-corrected chi connectivity index (χ3v) is 1.84. The van der Waals surface area contributed by atoms with Crippen LogP contribution in [-0.4, -0.2) is 28.3 Å². The molecule has 0 saturated carbocycles. The molecule has 0 unspecified atom stereocenters. The maximum atomic E-state index is 13.5. The molecule has 14 heavy (non-hydrogen) atoms. The van der Waals surface area contributed by atoms with Gasteiger partial charge in [-0.1, -0.05) is 0 Å². The Balaban J connectivity index is 2.40. The lowest BCUT2D eigenvalue weighted by Gasteiger charge is -2.04. The quantitative estimate of drug-likeness (QED) is 0.772. The van der Waals surface area contributed by atoms with Gasteiger partial charge in [-0.15, -0.1) is 0 Å². The van der Waals surface area contributed by atoms with Crippen molar-refractivity contribution in [2.24, 2.45) is 0 Å². The number of hydrogen-bond donors (Lipinski definition) is 2. The van der Waals surface area contributed by atoms with E-state index in [1.54, 1.807) is 6.07 Å². The molecule has 2 aromatic rings. The number of nitrogens with zero attached hydrogens (tertiary/aromatic N) is 1. The van der Waals surface area contributed by atoms with Crippen LogP contribution in [0.25, 0.3) is 11.0 Å². The molecule has 2 N–H and O–H groups in total. The summed E-state index contributed by atoms with van der Waals surface area (Å²) in [5.74, 6) is -0.393. The van der Waals surface area contributed by atoms with E-state index in [1.165, 1.54) is 12.4 Å². The lowest BCUT2D eigenvalue weighted by Crippen LogP contribution is -2.03. The first-order valence-corrected chi connectivity index (χ1v) is 4.18. The second-order valence-corrected chi connectivity index (χ2v) is 2.75. The van der Waals surface area contributed by atoms with E-state index in [-0.39, 0.29) is 24.5 Å². The van der Waals surface area contributed by atoms with Crippen LogP contribution in [0.1, 0.15) is 0 Å². The van der Waals surface area contributed by atoms with Crippen LogP contribution in [-0.2, 0) is 0 Å². The molecule has 4 nitrogen and oxygen atoms in total. The Kier molecular flexibility index (Phi) is 2.32. The van der Waals surface area contributed by atoms with Gasteiger partial charge >= 0.3 is 0 Å². The number of halogens is 1. The monoisotopic (exact) mass is 196 g/mol. The molecule has 0 aliphatic rings. The van der Waals surface area contributed by atoms with Gasteiger partial charge in [0.25, 0.3) is 0 Å². The average molecular weight is 196 g/mol. The Morgan fingerprint density at radius 3 is 3.14 bits per heavy atom. The topological polar surface area (TPSA) is 58.1 Å². The molecule has 1 aromatic heterocycles. The van der Waals surface area contributed by atoms with E-state index in [4.69, 9.17) is 9.84 Å². The molecule has 1 aromatic carbocycles. The highest BCUT2D eigenvalue weighted by Gasteiger charge is 2.09. The number of H-pyrrole nitrogens is 1. The molecule has 0 fully saturated rings. The maximum Gasteiger partial charge on any atom is 0.192 e. The first-order chi connectivity index (χ1) is 6.83. The number of aromatic amines is 1. The second-order valence-electron chi connectivity index (χ2n) is 2.75. The van der Waals surface area contributed by atoms with Gasteiger partial charge in [0.1, 0.15) is 12.1 Å². The van der Waals surface area contributed by atoms with E-state index in [9.17, 15) is 4.39 Å². The van der Waals surface area contributed by atoms with Crippen molar-refractivity contribution in [3.05, 3.63) is 24.3 Å². The molecule has 5 heteroatoms. The van der Waals surface area contributed by atoms with Gasteiger partial charge in [-0.25, -0.2) is 9.37 Å². The van der Waals surface area contributed by atoms with Gasteiger partial charge in [-0.05, 0) is 12.1 Å². The number of fused-ring (bicyclic) bond motifs is 1. The third-order valence-electron chi connectivity index (χ3n) is 1.84. The molecular formula is C9H9FN2O2. The summed E-state index contributed by atoms with van der Waals surface area (Å²) in [6.45, 7) is -0.0646. The van der Waals surface area contributed by atoms with Crippen LogP contribution in [0.4, 0.5) is 4.39 Å². The predicted molar refractivity (Wildman–Crippen MR) is 48.6 cm³/mol. The Morgan fingerprint density at radius 1 is 1.50 bits per heavy atom. The largest absolute Gasteiger partial charge is 0.488 e. The number of imidazole rings is 1. The summed E-state index contributed by atoms with van der Waals surface area (Å²) in [5.41, 5.74) is 0.874. The number of ether oxygens (including phenoxy) is 1. The Bertz CT molecular complexity index is 441. The number of benzene rings is 1. The molecule has 0 bridgehead atoms. The minimum Gasteiger partial charge on any atom is -0.488 e. The van der Waals surface area contributed by atoms with Gasteiger partial charge in [0, 0.05) is 0 Å². The van der Waals surface area contributed by atoms with Crippen LogP contribution in [0.5, 0.6) is 5.75 Å². The molecule has 74 valence electrons. The van der Waals surface area contributed by atoms with Gasteiger partial charge in [0.05, 0.1) is 18.5 Å². The van der Waals surface area contributed by atoms with Crippen molar-refractivity contribution in [2.45, 2.75) is 0 Å². The molecule has 0 atom stereocenters. The highest BCUT2D eigenvalue weighted by Crippen LogP contribution is 2.23. The van der Waals surface area contributed by atoms with Crippen LogP contribution in [0, 0.1) is 5.82 Å². The molecule has 0 aliphatic carbocycles. The lowest BCUT2D eigenvalue weighted by atomic mass is 10.3. The number of aromatic nitrogens is 2. The third kappa shape index (κ3) is 1.42. The summed E-state index contributed by atoms with van der Waals surface area (Å²) in [4.78, 5) is 6.60. The van der Waals surface area contributed by atoms with E-state index in [0.29, 0.717) is 5.52 Å². The van der Waals surface area contributed by atoms with Gasteiger partial charge < -0.3 is 14.8 Å². The summed E-state index contributed by atoms with van der Waals surface area (Å²) < 4.78 is 18.5. The van der Waals surface area contributed by atoms with Crippen molar-refractivity contribution in [3.63, 3.8) is 0 Å². The van der Waals surface area contributed by atoms with Crippen molar-refractivity contribution >= 4 is 11.0 Å². The first kappa shape index (κ1) is 8.96. The number of aliphatic hydroxyl groups is 1. The summed E-state index contributed by atoms with van der Waals surface area (Å²) in [6.07, 6.45) is 1.42. The Morgan fingerprint density at radius 2 is 2.36 bits per heavy atom. The summed E-state index contributed by atoms with van der Waals surface area (Å²) in [6, 6.07) is 3.18. The molecular weight excluding hydrogens is 187 g/mol. The molecule has 0 radical (unpaired) electrons. The standard InChI is InChI=1S/C9H9FN2O2/c10-8-7(14-4-3-13)2-1-6-9(8)12-5-11-6/h1-2,5,13H,3-4H2,(H,11,12). The molecule has 1 heterocycles. The van der Waals surface area contributed by atoms with E-state index in [0.717, 1.165) is 0 Å². The SMILES string of the molecule is OCCOc1ccc2[nH]cnc2c1F. The number of rotatable bonds is 3. The normalized spacial score (nSPS) is 10.7. The molecule has 2 rings (SSSR count).